The number of rotatable bonds is 7. The predicted octanol–water partition coefficient (Wildman–Crippen LogP) is 2.79. The van der Waals surface area contributed by atoms with E-state index in [1.54, 1.807) is 12.1 Å². The van der Waals surface area contributed by atoms with Crippen LogP contribution in [0, 0.1) is 5.92 Å². The van der Waals surface area contributed by atoms with E-state index in [1.807, 2.05) is 31.0 Å². The molecule has 1 atom stereocenters. The summed E-state index contributed by atoms with van der Waals surface area (Å²) < 4.78 is 0. The van der Waals surface area contributed by atoms with Gasteiger partial charge in [-0.1, -0.05) is 18.5 Å². The van der Waals surface area contributed by atoms with Gasteiger partial charge in [0.05, 0.1) is 0 Å². The third kappa shape index (κ3) is 4.84. The SMILES string of the molecule is CCC(C(=O)N1CCC(CCNC)CC1)n1nnc(-c2ccc(Cl)cc2)n1. The number of likely N-dealkylation sites (tertiary alicyclic amines) is 1. The Morgan fingerprint density at radius 3 is 2.63 bits per heavy atom. The van der Waals surface area contributed by atoms with Gasteiger partial charge in [0.25, 0.3) is 0 Å². The molecular weight excluding hydrogens is 364 g/mol. The van der Waals surface area contributed by atoms with Gasteiger partial charge in [-0.05, 0) is 74.7 Å². The second-order valence-corrected chi connectivity index (χ2v) is 7.46. The van der Waals surface area contributed by atoms with E-state index in [9.17, 15) is 4.79 Å². The molecular formula is C19H27ClN6O. The van der Waals surface area contributed by atoms with Gasteiger partial charge in [-0.15, -0.1) is 10.2 Å². The van der Waals surface area contributed by atoms with E-state index < -0.39 is 6.04 Å². The van der Waals surface area contributed by atoms with Crippen LogP contribution in [0.25, 0.3) is 11.4 Å². The zero-order valence-electron chi connectivity index (χ0n) is 15.9. The van der Waals surface area contributed by atoms with Crippen LogP contribution in [0.3, 0.4) is 0 Å². The Balaban J connectivity index is 1.65. The molecule has 1 N–H and O–H groups in total. The van der Waals surface area contributed by atoms with Crippen molar-refractivity contribution in [2.45, 2.75) is 38.6 Å². The highest BCUT2D eigenvalue weighted by molar-refractivity contribution is 6.30. The number of carbonyl (C=O) groups is 1. The van der Waals surface area contributed by atoms with Crippen molar-refractivity contribution < 1.29 is 4.79 Å². The Bertz CT molecular complexity index is 739. The molecule has 1 amide bonds. The smallest absolute Gasteiger partial charge is 0.249 e. The van der Waals surface area contributed by atoms with E-state index in [0.29, 0.717) is 23.2 Å². The van der Waals surface area contributed by atoms with Gasteiger partial charge >= 0.3 is 0 Å². The molecule has 1 aliphatic rings. The topological polar surface area (TPSA) is 75.9 Å². The fourth-order valence-electron chi connectivity index (χ4n) is 3.51. The fraction of sp³-hybridized carbons (Fsp3) is 0.579. The van der Waals surface area contributed by atoms with Crippen LogP contribution in [0.15, 0.2) is 24.3 Å². The Hall–Kier alpha value is -1.99. The molecule has 2 heterocycles. The quantitative estimate of drug-likeness (QED) is 0.786. The van der Waals surface area contributed by atoms with Gasteiger partial charge in [-0.2, -0.15) is 4.80 Å². The minimum atomic E-state index is -0.410. The highest BCUT2D eigenvalue weighted by atomic mass is 35.5. The van der Waals surface area contributed by atoms with Gasteiger partial charge in [0.2, 0.25) is 11.7 Å². The summed E-state index contributed by atoms with van der Waals surface area (Å²) in [7, 11) is 1.98. The van der Waals surface area contributed by atoms with Crippen molar-refractivity contribution in [1.29, 1.82) is 0 Å². The van der Waals surface area contributed by atoms with E-state index in [-0.39, 0.29) is 5.91 Å². The first kappa shape index (κ1) is 19.8. The average molecular weight is 391 g/mol. The van der Waals surface area contributed by atoms with E-state index in [1.165, 1.54) is 11.2 Å². The molecule has 0 bridgehead atoms. The summed E-state index contributed by atoms with van der Waals surface area (Å²) in [5.41, 5.74) is 0.832. The monoisotopic (exact) mass is 390 g/mol. The summed E-state index contributed by atoms with van der Waals surface area (Å²) in [6, 6.07) is 6.87. The number of amides is 1. The molecule has 1 fully saturated rings. The third-order valence-corrected chi connectivity index (χ3v) is 5.46. The number of carbonyl (C=O) groups excluding carboxylic acids is 1. The summed E-state index contributed by atoms with van der Waals surface area (Å²) in [6.45, 7) is 4.63. The number of nitrogens with one attached hydrogen (secondary N) is 1. The van der Waals surface area contributed by atoms with Crippen molar-refractivity contribution in [1.82, 2.24) is 30.4 Å². The predicted molar refractivity (Wildman–Crippen MR) is 105 cm³/mol. The second-order valence-electron chi connectivity index (χ2n) is 7.03. The van der Waals surface area contributed by atoms with Crippen LogP contribution in [0.1, 0.15) is 38.6 Å². The van der Waals surface area contributed by atoms with E-state index >= 15 is 0 Å². The fourth-order valence-corrected chi connectivity index (χ4v) is 3.64. The lowest BCUT2D eigenvalue weighted by atomic mass is 9.93. The third-order valence-electron chi connectivity index (χ3n) is 5.21. The second kappa shape index (κ2) is 9.28. The molecule has 2 aromatic rings. The largest absolute Gasteiger partial charge is 0.341 e. The van der Waals surface area contributed by atoms with Gasteiger partial charge in [0, 0.05) is 23.7 Å². The maximum absolute atomic E-state index is 13.0. The average Bonchev–Trinajstić information content (AvgIpc) is 3.17. The van der Waals surface area contributed by atoms with Crippen LogP contribution in [-0.2, 0) is 4.79 Å². The molecule has 1 unspecified atom stereocenters. The molecule has 1 saturated heterocycles. The molecule has 1 aromatic heterocycles. The normalized spacial score (nSPS) is 16.5. The van der Waals surface area contributed by atoms with Crippen molar-refractivity contribution >= 4 is 17.5 Å². The minimum absolute atomic E-state index is 0.0876. The molecule has 8 heteroatoms. The molecule has 0 aliphatic carbocycles. The van der Waals surface area contributed by atoms with Gasteiger partial charge in [0.15, 0.2) is 6.04 Å². The Morgan fingerprint density at radius 1 is 1.30 bits per heavy atom. The number of nitrogens with zero attached hydrogens (tertiary/aromatic N) is 5. The van der Waals surface area contributed by atoms with Gasteiger partial charge in [0.1, 0.15) is 0 Å². The lowest BCUT2D eigenvalue weighted by Crippen LogP contribution is -2.43. The van der Waals surface area contributed by atoms with Crippen molar-refractivity contribution in [3.63, 3.8) is 0 Å². The van der Waals surface area contributed by atoms with Gasteiger partial charge in [-0.3, -0.25) is 4.79 Å². The number of aromatic nitrogens is 4. The van der Waals surface area contributed by atoms with Crippen LogP contribution in [0.5, 0.6) is 0 Å². The minimum Gasteiger partial charge on any atom is -0.341 e. The van der Waals surface area contributed by atoms with Crippen molar-refractivity contribution in [3.05, 3.63) is 29.3 Å². The van der Waals surface area contributed by atoms with Crippen LogP contribution in [0.2, 0.25) is 5.02 Å². The van der Waals surface area contributed by atoms with Gasteiger partial charge in [-0.25, -0.2) is 0 Å². The lowest BCUT2D eigenvalue weighted by molar-refractivity contribution is -0.137. The number of halogens is 1. The zero-order chi connectivity index (χ0) is 19.2. The summed E-state index contributed by atoms with van der Waals surface area (Å²) in [5.74, 6) is 1.29. The molecule has 146 valence electrons. The summed E-state index contributed by atoms with van der Waals surface area (Å²) >= 11 is 5.93. The number of hydrogen-bond donors (Lipinski definition) is 1. The first-order valence-electron chi connectivity index (χ1n) is 9.61. The highest BCUT2D eigenvalue weighted by Crippen LogP contribution is 2.24. The first-order valence-corrected chi connectivity index (χ1v) is 9.99. The first-order chi connectivity index (χ1) is 13.1. The van der Waals surface area contributed by atoms with Crippen molar-refractivity contribution in [3.8, 4) is 11.4 Å². The van der Waals surface area contributed by atoms with E-state index in [2.05, 4.69) is 20.7 Å². The summed E-state index contributed by atoms with van der Waals surface area (Å²) in [5, 5.41) is 16.6. The van der Waals surface area contributed by atoms with Crippen LogP contribution < -0.4 is 5.32 Å². The molecule has 7 nitrogen and oxygen atoms in total. The van der Waals surface area contributed by atoms with Crippen LogP contribution >= 0.6 is 11.6 Å². The van der Waals surface area contributed by atoms with E-state index in [0.717, 1.165) is 38.0 Å². The van der Waals surface area contributed by atoms with Crippen LogP contribution in [-0.4, -0.2) is 57.7 Å². The number of hydrogen-bond acceptors (Lipinski definition) is 5. The lowest BCUT2D eigenvalue weighted by Gasteiger charge is -2.33. The molecule has 0 spiro atoms. The molecule has 1 aromatic carbocycles. The van der Waals surface area contributed by atoms with E-state index in [4.69, 9.17) is 11.6 Å². The Labute approximate surface area is 165 Å². The van der Waals surface area contributed by atoms with Crippen molar-refractivity contribution in [2.75, 3.05) is 26.7 Å². The Morgan fingerprint density at radius 2 is 2.00 bits per heavy atom. The number of tetrazole rings is 1. The molecule has 1 aliphatic heterocycles. The number of piperidine rings is 1. The molecule has 27 heavy (non-hydrogen) atoms. The molecule has 3 rings (SSSR count). The zero-order valence-corrected chi connectivity index (χ0v) is 16.7. The van der Waals surface area contributed by atoms with Crippen molar-refractivity contribution in [2.24, 2.45) is 5.92 Å². The highest BCUT2D eigenvalue weighted by Gasteiger charge is 2.30. The standard InChI is InChI=1S/C19H27ClN6O/c1-3-17(19(27)25-12-9-14(10-13-25)8-11-21-2)26-23-18(22-24-26)15-4-6-16(20)7-5-15/h4-7,14,17,21H,3,8-13H2,1-2H3. The van der Waals surface area contributed by atoms with Gasteiger partial charge < -0.3 is 10.2 Å². The Kier molecular flexibility index (Phi) is 6.79. The summed E-state index contributed by atoms with van der Waals surface area (Å²) in [6.07, 6.45) is 3.93. The molecule has 0 radical (unpaired) electrons. The maximum atomic E-state index is 13.0. The maximum Gasteiger partial charge on any atom is 0.249 e. The van der Waals surface area contributed by atoms with Crippen LogP contribution in [0.4, 0.5) is 0 Å². The summed E-state index contributed by atoms with van der Waals surface area (Å²) in [4.78, 5) is 16.4. The number of benzene rings is 1. The molecule has 0 saturated carbocycles.